The summed E-state index contributed by atoms with van der Waals surface area (Å²) < 4.78 is 6.97. The molecular formula is C20H23N5O2S. The highest BCUT2D eigenvalue weighted by atomic mass is 32.2. The zero-order valence-electron chi connectivity index (χ0n) is 16.0. The van der Waals surface area contributed by atoms with Gasteiger partial charge in [0, 0.05) is 38.2 Å². The van der Waals surface area contributed by atoms with Crippen LogP contribution in [0, 0.1) is 6.92 Å². The van der Waals surface area contributed by atoms with Crippen molar-refractivity contribution in [2.24, 2.45) is 0 Å². The van der Waals surface area contributed by atoms with Crippen LogP contribution in [0.4, 0.5) is 0 Å². The Balaban J connectivity index is 1.83. The first-order valence-corrected chi connectivity index (χ1v) is 9.99. The summed E-state index contributed by atoms with van der Waals surface area (Å²) in [5.74, 6) is 0.929. The Morgan fingerprint density at radius 1 is 1.21 bits per heavy atom. The van der Waals surface area contributed by atoms with E-state index in [9.17, 15) is 4.79 Å². The van der Waals surface area contributed by atoms with E-state index in [1.807, 2.05) is 47.9 Å². The number of hydrogen-bond acceptors (Lipinski definition) is 6. The Morgan fingerprint density at radius 2 is 2.07 bits per heavy atom. The molecule has 0 aliphatic heterocycles. The molecule has 0 atom stereocenters. The van der Waals surface area contributed by atoms with Crippen molar-refractivity contribution in [3.05, 3.63) is 54.4 Å². The smallest absolute Gasteiger partial charge is 0.230 e. The Labute approximate surface area is 168 Å². The van der Waals surface area contributed by atoms with Gasteiger partial charge in [0.2, 0.25) is 5.91 Å². The first kappa shape index (κ1) is 20.0. The van der Waals surface area contributed by atoms with Gasteiger partial charge in [-0.2, -0.15) is 0 Å². The lowest BCUT2D eigenvalue weighted by molar-refractivity contribution is -0.118. The van der Waals surface area contributed by atoms with Gasteiger partial charge < -0.3 is 10.1 Å². The molecule has 0 aliphatic carbocycles. The van der Waals surface area contributed by atoms with Gasteiger partial charge in [0.25, 0.3) is 0 Å². The highest BCUT2D eigenvalue weighted by molar-refractivity contribution is 7.99. The van der Waals surface area contributed by atoms with Gasteiger partial charge >= 0.3 is 0 Å². The molecule has 1 N–H and O–H groups in total. The van der Waals surface area contributed by atoms with Crippen molar-refractivity contribution in [3.63, 3.8) is 0 Å². The maximum absolute atomic E-state index is 12.1. The monoisotopic (exact) mass is 397 g/mol. The third-order valence-corrected chi connectivity index (χ3v) is 5.02. The topological polar surface area (TPSA) is 81.9 Å². The molecule has 0 saturated heterocycles. The number of rotatable bonds is 9. The van der Waals surface area contributed by atoms with Crippen molar-refractivity contribution in [1.29, 1.82) is 0 Å². The summed E-state index contributed by atoms with van der Waals surface area (Å²) in [5.41, 5.74) is 2.95. The molecule has 146 valence electrons. The van der Waals surface area contributed by atoms with E-state index in [0.29, 0.717) is 24.1 Å². The number of amides is 1. The van der Waals surface area contributed by atoms with Gasteiger partial charge in [0.15, 0.2) is 11.0 Å². The number of aryl methyl sites for hydroxylation is 1. The molecule has 3 rings (SSSR count). The van der Waals surface area contributed by atoms with Gasteiger partial charge in [-0.3, -0.25) is 14.3 Å². The van der Waals surface area contributed by atoms with E-state index in [1.165, 1.54) is 11.8 Å². The number of thioether (sulfide) groups is 1. The Morgan fingerprint density at radius 3 is 2.82 bits per heavy atom. The molecule has 0 radical (unpaired) electrons. The van der Waals surface area contributed by atoms with Crippen LogP contribution in [-0.4, -0.2) is 51.7 Å². The summed E-state index contributed by atoms with van der Waals surface area (Å²) in [6.45, 7) is 3.27. The van der Waals surface area contributed by atoms with Crippen LogP contribution < -0.4 is 5.32 Å². The standard InChI is InChI=1S/C20H23N5O2S/c1-15-7-3-4-9-17(15)25-19(16-8-5-10-21-13-16)23-24-20(25)28-14-18(26)22-11-6-12-27-2/h3-5,7-10,13H,6,11-12,14H2,1-2H3,(H,22,26). The van der Waals surface area contributed by atoms with Crippen LogP contribution in [0.25, 0.3) is 17.1 Å². The average Bonchev–Trinajstić information content (AvgIpc) is 3.14. The van der Waals surface area contributed by atoms with Crippen LogP contribution in [0.5, 0.6) is 0 Å². The molecule has 0 spiro atoms. The van der Waals surface area contributed by atoms with E-state index in [2.05, 4.69) is 20.5 Å². The number of aromatic nitrogens is 4. The molecule has 0 saturated carbocycles. The second kappa shape index (κ2) is 10.0. The fourth-order valence-electron chi connectivity index (χ4n) is 2.70. The fraction of sp³-hybridized carbons (Fsp3) is 0.300. The van der Waals surface area contributed by atoms with Crippen LogP contribution in [0.15, 0.2) is 53.9 Å². The zero-order chi connectivity index (χ0) is 19.8. The minimum Gasteiger partial charge on any atom is -0.385 e. The molecule has 2 aromatic heterocycles. The fourth-order valence-corrected chi connectivity index (χ4v) is 3.48. The second-order valence-corrected chi connectivity index (χ2v) is 7.10. The third kappa shape index (κ3) is 4.96. The largest absolute Gasteiger partial charge is 0.385 e. The van der Waals surface area contributed by atoms with Crippen molar-refractivity contribution < 1.29 is 9.53 Å². The number of benzene rings is 1. The van der Waals surface area contributed by atoms with E-state index in [0.717, 1.165) is 23.2 Å². The average molecular weight is 398 g/mol. The lowest BCUT2D eigenvalue weighted by Gasteiger charge is -2.12. The quantitative estimate of drug-likeness (QED) is 0.442. The van der Waals surface area contributed by atoms with Gasteiger partial charge in [0.05, 0.1) is 11.4 Å². The van der Waals surface area contributed by atoms with Crippen LogP contribution in [0.2, 0.25) is 0 Å². The van der Waals surface area contributed by atoms with Crippen LogP contribution in [0.1, 0.15) is 12.0 Å². The maximum Gasteiger partial charge on any atom is 0.230 e. The van der Waals surface area contributed by atoms with E-state index >= 15 is 0 Å². The van der Waals surface area contributed by atoms with Gasteiger partial charge in [-0.1, -0.05) is 30.0 Å². The van der Waals surface area contributed by atoms with Crippen molar-refractivity contribution in [3.8, 4) is 17.1 Å². The van der Waals surface area contributed by atoms with E-state index in [1.54, 1.807) is 19.5 Å². The van der Waals surface area contributed by atoms with Gasteiger partial charge in [-0.15, -0.1) is 10.2 Å². The summed E-state index contributed by atoms with van der Waals surface area (Å²) in [7, 11) is 1.65. The minimum atomic E-state index is -0.0386. The van der Waals surface area contributed by atoms with Crippen LogP contribution in [-0.2, 0) is 9.53 Å². The molecular weight excluding hydrogens is 374 g/mol. The summed E-state index contributed by atoms with van der Waals surface area (Å²) >= 11 is 1.36. The number of para-hydroxylation sites is 1. The van der Waals surface area contributed by atoms with Crippen molar-refractivity contribution in [2.45, 2.75) is 18.5 Å². The van der Waals surface area contributed by atoms with E-state index in [-0.39, 0.29) is 11.7 Å². The molecule has 28 heavy (non-hydrogen) atoms. The SMILES string of the molecule is COCCCNC(=O)CSc1nnc(-c2cccnc2)n1-c1ccccc1C. The highest BCUT2D eigenvalue weighted by Crippen LogP contribution is 2.28. The van der Waals surface area contributed by atoms with Gasteiger partial charge in [-0.25, -0.2) is 0 Å². The van der Waals surface area contributed by atoms with Crippen LogP contribution >= 0.6 is 11.8 Å². The first-order chi connectivity index (χ1) is 13.7. The molecule has 0 unspecified atom stereocenters. The molecule has 1 aromatic carbocycles. The van der Waals surface area contributed by atoms with Crippen molar-refractivity contribution >= 4 is 17.7 Å². The summed E-state index contributed by atoms with van der Waals surface area (Å²) in [5, 5.41) is 12.3. The second-order valence-electron chi connectivity index (χ2n) is 6.15. The van der Waals surface area contributed by atoms with Crippen molar-refractivity contribution in [1.82, 2.24) is 25.1 Å². The molecule has 0 bridgehead atoms. The molecule has 8 heteroatoms. The zero-order valence-corrected chi connectivity index (χ0v) is 16.8. The molecule has 2 heterocycles. The summed E-state index contributed by atoms with van der Waals surface area (Å²) in [6, 6.07) is 11.8. The predicted octanol–water partition coefficient (Wildman–Crippen LogP) is 2.88. The lowest BCUT2D eigenvalue weighted by atomic mass is 10.2. The summed E-state index contributed by atoms with van der Waals surface area (Å²) in [4.78, 5) is 16.3. The lowest BCUT2D eigenvalue weighted by Crippen LogP contribution is -2.27. The molecule has 3 aromatic rings. The number of nitrogens with zero attached hydrogens (tertiary/aromatic N) is 4. The Kier molecular flexibility index (Phi) is 7.16. The number of hydrogen-bond donors (Lipinski definition) is 1. The number of pyridine rings is 1. The van der Waals surface area contributed by atoms with E-state index < -0.39 is 0 Å². The summed E-state index contributed by atoms with van der Waals surface area (Å²) in [6.07, 6.45) is 4.27. The van der Waals surface area contributed by atoms with Gasteiger partial charge in [-0.05, 0) is 37.1 Å². The van der Waals surface area contributed by atoms with Crippen LogP contribution in [0.3, 0.4) is 0 Å². The highest BCUT2D eigenvalue weighted by Gasteiger charge is 2.18. The minimum absolute atomic E-state index is 0.0386. The number of carbonyl (C=O) groups is 1. The normalized spacial score (nSPS) is 10.8. The van der Waals surface area contributed by atoms with Crippen molar-refractivity contribution in [2.75, 3.05) is 26.0 Å². The Hall–Kier alpha value is -2.71. The first-order valence-electron chi connectivity index (χ1n) is 9.01. The Bertz CT molecular complexity index is 914. The third-order valence-electron chi connectivity index (χ3n) is 4.09. The molecule has 7 nitrogen and oxygen atoms in total. The van der Waals surface area contributed by atoms with Gasteiger partial charge in [0.1, 0.15) is 0 Å². The molecule has 0 fully saturated rings. The maximum atomic E-state index is 12.1. The van der Waals surface area contributed by atoms with E-state index in [4.69, 9.17) is 4.74 Å². The number of methoxy groups -OCH3 is 1. The molecule has 0 aliphatic rings. The predicted molar refractivity (Wildman–Crippen MR) is 110 cm³/mol. The number of ether oxygens (including phenoxy) is 1. The molecule has 1 amide bonds. The number of nitrogens with one attached hydrogen (secondary N) is 1. The number of carbonyl (C=O) groups excluding carboxylic acids is 1.